The van der Waals surface area contributed by atoms with Gasteiger partial charge in [0.25, 0.3) is 5.91 Å². The molecule has 0 atom stereocenters. The number of fused-ring (bicyclic) bond motifs is 2. The van der Waals surface area contributed by atoms with Crippen LogP contribution in [0, 0.1) is 11.3 Å². The van der Waals surface area contributed by atoms with Crippen LogP contribution in [-0.2, 0) is 11.4 Å². The lowest BCUT2D eigenvalue weighted by molar-refractivity contribution is -0.112. The first-order valence-corrected chi connectivity index (χ1v) is 11.3. The number of ether oxygens (including phenoxy) is 1. The highest BCUT2D eigenvalue weighted by Crippen LogP contribution is 2.25. The molecule has 5 rings (SSSR count). The van der Waals surface area contributed by atoms with Crippen LogP contribution in [-0.4, -0.2) is 5.91 Å². The summed E-state index contributed by atoms with van der Waals surface area (Å²) in [7, 11) is 0. The lowest BCUT2D eigenvalue weighted by Gasteiger charge is -2.10. The molecule has 0 bridgehead atoms. The maximum atomic E-state index is 12.9. The molecule has 5 aromatic carbocycles. The molecule has 0 saturated heterocycles. The SMILES string of the molecule is N#C/C(=C\c1cccc(OCc2cccc3ccccc23)c1)C(=O)Nc1cccc2ccccc12. The van der Waals surface area contributed by atoms with Gasteiger partial charge < -0.3 is 10.1 Å². The molecule has 0 heterocycles. The molecule has 4 nitrogen and oxygen atoms in total. The molecule has 1 N–H and O–H groups in total. The molecular weight excluding hydrogens is 432 g/mol. The van der Waals surface area contributed by atoms with E-state index in [1.807, 2.05) is 91.0 Å². The molecule has 168 valence electrons. The van der Waals surface area contributed by atoms with E-state index in [1.165, 1.54) is 5.39 Å². The van der Waals surface area contributed by atoms with E-state index in [9.17, 15) is 10.1 Å². The van der Waals surface area contributed by atoms with Crippen LogP contribution in [0.4, 0.5) is 5.69 Å². The van der Waals surface area contributed by atoms with Gasteiger partial charge in [-0.2, -0.15) is 5.26 Å². The third-order valence-electron chi connectivity index (χ3n) is 5.85. The van der Waals surface area contributed by atoms with Gasteiger partial charge in [-0.3, -0.25) is 4.79 Å². The van der Waals surface area contributed by atoms with Gasteiger partial charge in [0, 0.05) is 11.1 Å². The fourth-order valence-corrected chi connectivity index (χ4v) is 4.11. The Labute approximate surface area is 203 Å². The number of hydrogen-bond donors (Lipinski definition) is 1. The Morgan fingerprint density at radius 1 is 0.800 bits per heavy atom. The third-order valence-corrected chi connectivity index (χ3v) is 5.85. The second-order valence-corrected chi connectivity index (χ2v) is 8.15. The first-order chi connectivity index (χ1) is 17.2. The molecule has 0 spiro atoms. The van der Waals surface area contributed by atoms with Gasteiger partial charge in [0.2, 0.25) is 0 Å². The number of benzene rings is 5. The summed E-state index contributed by atoms with van der Waals surface area (Å²) in [5.41, 5.74) is 2.49. The van der Waals surface area contributed by atoms with E-state index in [2.05, 4.69) is 29.6 Å². The quantitative estimate of drug-likeness (QED) is 0.219. The summed E-state index contributed by atoms with van der Waals surface area (Å²) < 4.78 is 6.05. The third kappa shape index (κ3) is 4.90. The van der Waals surface area contributed by atoms with Gasteiger partial charge in [-0.1, -0.05) is 91.0 Å². The first-order valence-electron chi connectivity index (χ1n) is 11.3. The van der Waals surface area contributed by atoms with Crippen LogP contribution in [0.2, 0.25) is 0 Å². The van der Waals surface area contributed by atoms with Crippen molar-refractivity contribution in [2.75, 3.05) is 5.32 Å². The van der Waals surface area contributed by atoms with Gasteiger partial charge >= 0.3 is 0 Å². The Kier molecular flexibility index (Phi) is 6.23. The van der Waals surface area contributed by atoms with Crippen LogP contribution < -0.4 is 10.1 Å². The summed E-state index contributed by atoms with van der Waals surface area (Å²) in [6.45, 7) is 0.418. The number of anilines is 1. The highest BCUT2D eigenvalue weighted by Gasteiger charge is 2.12. The van der Waals surface area contributed by atoms with Crippen LogP contribution in [0.5, 0.6) is 5.75 Å². The zero-order valence-electron chi connectivity index (χ0n) is 18.9. The van der Waals surface area contributed by atoms with Gasteiger partial charge in [-0.15, -0.1) is 0 Å². The van der Waals surface area contributed by atoms with Crippen molar-refractivity contribution in [2.24, 2.45) is 0 Å². The Balaban J connectivity index is 1.34. The van der Waals surface area contributed by atoms with E-state index in [-0.39, 0.29) is 5.57 Å². The van der Waals surface area contributed by atoms with Gasteiger partial charge in [-0.05, 0) is 51.6 Å². The van der Waals surface area contributed by atoms with E-state index < -0.39 is 5.91 Å². The molecule has 0 aliphatic carbocycles. The minimum absolute atomic E-state index is 0.0177. The predicted molar refractivity (Wildman–Crippen MR) is 141 cm³/mol. The van der Waals surface area contributed by atoms with Crippen LogP contribution in [0.3, 0.4) is 0 Å². The highest BCUT2D eigenvalue weighted by molar-refractivity contribution is 6.12. The van der Waals surface area contributed by atoms with Gasteiger partial charge in [0.05, 0.1) is 0 Å². The van der Waals surface area contributed by atoms with Gasteiger partial charge in [-0.25, -0.2) is 0 Å². The molecule has 0 fully saturated rings. The molecular formula is C31H22N2O2. The molecule has 0 saturated carbocycles. The Hall–Kier alpha value is -4.88. The smallest absolute Gasteiger partial charge is 0.266 e. The summed E-state index contributed by atoms with van der Waals surface area (Å²) in [6.07, 6.45) is 1.57. The fourth-order valence-electron chi connectivity index (χ4n) is 4.11. The topological polar surface area (TPSA) is 62.1 Å². The second-order valence-electron chi connectivity index (χ2n) is 8.15. The minimum atomic E-state index is -0.453. The minimum Gasteiger partial charge on any atom is -0.489 e. The lowest BCUT2D eigenvalue weighted by Crippen LogP contribution is -2.13. The summed E-state index contributed by atoms with van der Waals surface area (Å²) in [5.74, 6) is 0.212. The van der Waals surface area contributed by atoms with E-state index >= 15 is 0 Å². The van der Waals surface area contributed by atoms with Crippen molar-refractivity contribution in [3.8, 4) is 11.8 Å². The number of amides is 1. The van der Waals surface area contributed by atoms with Gasteiger partial charge in [0.15, 0.2) is 0 Å². The Morgan fingerprint density at radius 3 is 2.26 bits per heavy atom. The molecule has 0 aliphatic heterocycles. The molecule has 1 amide bonds. The Morgan fingerprint density at radius 2 is 1.46 bits per heavy atom. The number of hydrogen-bond acceptors (Lipinski definition) is 3. The summed E-state index contributed by atoms with van der Waals surface area (Å²) in [5, 5.41) is 16.8. The normalized spacial score (nSPS) is 11.2. The number of carbonyl (C=O) groups excluding carboxylic acids is 1. The molecule has 0 aromatic heterocycles. The lowest BCUT2D eigenvalue weighted by atomic mass is 10.1. The number of rotatable bonds is 6. The van der Waals surface area contributed by atoms with E-state index in [1.54, 1.807) is 6.08 Å². The average molecular weight is 455 g/mol. The van der Waals surface area contributed by atoms with Crippen LogP contribution in [0.25, 0.3) is 27.6 Å². The van der Waals surface area contributed by atoms with Crippen molar-refractivity contribution in [3.05, 3.63) is 126 Å². The van der Waals surface area contributed by atoms with Crippen molar-refractivity contribution in [2.45, 2.75) is 6.61 Å². The maximum absolute atomic E-state index is 12.9. The summed E-state index contributed by atoms with van der Waals surface area (Å²) >= 11 is 0. The number of carbonyl (C=O) groups is 1. The largest absolute Gasteiger partial charge is 0.489 e. The fraction of sp³-hybridized carbons (Fsp3) is 0.0323. The van der Waals surface area contributed by atoms with Crippen molar-refractivity contribution in [1.29, 1.82) is 5.26 Å². The maximum Gasteiger partial charge on any atom is 0.266 e. The van der Waals surface area contributed by atoms with Crippen molar-refractivity contribution >= 4 is 39.2 Å². The molecule has 0 radical (unpaired) electrons. The Bertz CT molecular complexity index is 1600. The van der Waals surface area contributed by atoms with E-state index in [0.29, 0.717) is 23.6 Å². The molecule has 5 aromatic rings. The molecule has 4 heteroatoms. The second kappa shape index (κ2) is 9.94. The zero-order valence-corrected chi connectivity index (χ0v) is 18.9. The van der Waals surface area contributed by atoms with Gasteiger partial charge in [0.1, 0.15) is 24.0 Å². The number of nitrogens with one attached hydrogen (secondary N) is 1. The van der Waals surface area contributed by atoms with E-state index in [0.717, 1.165) is 21.7 Å². The highest BCUT2D eigenvalue weighted by atomic mass is 16.5. The van der Waals surface area contributed by atoms with E-state index in [4.69, 9.17) is 4.74 Å². The first kappa shape index (κ1) is 21.9. The van der Waals surface area contributed by atoms with Crippen LogP contribution in [0.1, 0.15) is 11.1 Å². The van der Waals surface area contributed by atoms with Crippen molar-refractivity contribution in [1.82, 2.24) is 0 Å². The zero-order chi connectivity index (χ0) is 24.0. The molecule has 0 aliphatic rings. The summed E-state index contributed by atoms with van der Waals surface area (Å²) in [4.78, 5) is 12.9. The monoisotopic (exact) mass is 454 g/mol. The van der Waals surface area contributed by atoms with Crippen molar-refractivity contribution < 1.29 is 9.53 Å². The molecule has 0 unspecified atom stereocenters. The molecule has 35 heavy (non-hydrogen) atoms. The van der Waals surface area contributed by atoms with Crippen LogP contribution in [0.15, 0.2) is 115 Å². The summed E-state index contributed by atoms with van der Waals surface area (Å²) in [6, 6.07) is 37.2. The standard InChI is InChI=1S/C31H22N2O2/c32-20-26(31(34)33-30-17-7-12-24-10-2-4-16-29(24)30)18-22-8-5-14-27(19-22)35-21-25-13-6-11-23-9-1-3-15-28(23)25/h1-19H,21H2,(H,33,34)/b26-18+. The number of nitriles is 1. The van der Waals surface area contributed by atoms with Crippen LogP contribution >= 0.6 is 0 Å². The van der Waals surface area contributed by atoms with Crippen molar-refractivity contribution in [3.63, 3.8) is 0 Å². The average Bonchev–Trinajstić information content (AvgIpc) is 2.91. The number of nitrogens with zero attached hydrogens (tertiary/aromatic N) is 1. The predicted octanol–water partition coefficient (Wildman–Crippen LogP) is 7.12.